The molecule has 0 aliphatic carbocycles. The van der Waals surface area contributed by atoms with Gasteiger partial charge in [0.05, 0.1) is 0 Å². The lowest BCUT2D eigenvalue weighted by molar-refractivity contribution is -0.159. The van der Waals surface area contributed by atoms with E-state index in [1.807, 2.05) is 0 Å². The highest BCUT2D eigenvalue weighted by Crippen LogP contribution is 2.29. The number of aromatic nitrogens is 2. The summed E-state index contributed by atoms with van der Waals surface area (Å²) in [7, 11) is 0. The molecule has 0 bridgehead atoms. The Hall–Kier alpha value is -3.02. The van der Waals surface area contributed by atoms with Crippen LogP contribution >= 0.6 is 0 Å². The lowest BCUT2D eigenvalue weighted by Crippen LogP contribution is -2.23. The predicted molar refractivity (Wildman–Crippen MR) is 71.8 cm³/mol. The molecule has 2 rings (SSSR count). The fourth-order valence-electron chi connectivity index (χ4n) is 1.56. The molecule has 9 heteroatoms. The van der Waals surface area contributed by atoms with Crippen molar-refractivity contribution < 1.29 is 27.2 Å². The van der Waals surface area contributed by atoms with Crippen molar-refractivity contribution in [2.75, 3.05) is 6.61 Å². The van der Waals surface area contributed by atoms with E-state index in [-0.39, 0.29) is 19.0 Å². The Labute approximate surface area is 128 Å². The lowest BCUT2D eigenvalue weighted by atomic mass is 10.1. The Bertz CT molecular complexity index is 717. The molecule has 1 aromatic heterocycles. The molecule has 1 N–H and O–H groups in total. The molecule has 0 saturated heterocycles. The van der Waals surface area contributed by atoms with Gasteiger partial charge >= 0.3 is 18.2 Å². The monoisotopic (exact) mass is 325 g/mol. The topological polar surface area (TPSA) is 77.2 Å². The summed E-state index contributed by atoms with van der Waals surface area (Å²) < 4.78 is 45.9. The number of ether oxygens (including phenoxy) is 1. The van der Waals surface area contributed by atoms with Gasteiger partial charge in [-0.25, -0.2) is 4.79 Å². The summed E-state index contributed by atoms with van der Waals surface area (Å²) in [4.78, 5) is 14.5. The van der Waals surface area contributed by atoms with Crippen molar-refractivity contribution in [1.82, 2.24) is 15.5 Å². The van der Waals surface area contributed by atoms with Gasteiger partial charge in [-0.15, -0.1) is 6.42 Å². The molecule has 0 fully saturated rings. The molecule has 1 amide bonds. The third-order valence-electron chi connectivity index (χ3n) is 2.60. The van der Waals surface area contributed by atoms with Gasteiger partial charge in [0.15, 0.2) is 6.61 Å². The highest BCUT2D eigenvalue weighted by atomic mass is 19.4. The molecule has 6 nitrogen and oxygen atoms in total. The summed E-state index contributed by atoms with van der Waals surface area (Å²) in [6.07, 6.45) is -0.414. The number of halogens is 3. The Balaban J connectivity index is 1.98. The first-order valence-corrected chi connectivity index (χ1v) is 6.24. The second-order valence-corrected chi connectivity index (χ2v) is 4.25. The molecular weight excluding hydrogens is 315 g/mol. The predicted octanol–water partition coefficient (Wildman–Crippen LogP) is 2.61. The molecule has 0 unspecified atom stereocenters. The van der Waals surface area contributed by atoms with Crippen LogP contribution in [0.1, 0.15) is 11.5 Å². The van der Waals surface area contributed by atoms with Crippen LogP contribution in [0.5, 0.6) is 0 Å². The van der Waals surface area contributed by atoms with E-state index in [9.17, 15) is 18.0 Å². The third kappa shape index (κ3) is 4.47. The van der Waals surface area contributed by atoms with E-state index in [2.05, 4.69) is 30.6 Å². The van der Waals surface area contributed by atoms with Gasteiger partial charge in [-0.2, -0.15) is 18.2 Å². The Morgan fingerprint density at radius 2 is 2.04 bits per heavy atom. The van der Waals surface area contributed by atoms with Crippen molar-refractivity contribution in [1.29, 1.82) is 0 Å². The van der Waals surface area contributed by atoms with Crippen molar-refractivity contribution in [2.45, 2.75) is 12.7 Å². The molecule has 1 aromatic carbocycles. The quantitative estimate of drug-likeness (QED) is 0.875. The van der Waals surface area contributed by atoms with Gasteiger partial charge in [0.2, 0.25) is 5.82 Å². The summed E-state index contributed by atoms with van der Waals surface area (Å²) in [5.74, 6) is 0.566. The van der Waals surface area contributed by atoms with Crippen LogP contribution in [0, 0.1) is 12.3 Å². The molecule has 120 valence electrons. The van der Waals surface area contributed by atoms with Gasteiger partial charge in [0.25, 0.3) is 0 Å². The highest BCUT2D eigenvalue weighted by Gasteiger charge is 2.38. The van der Waals surface area contributed by atoms with Crippen molar-refractivity contribution in [2.24, 2.45) is 0 Å². The summed E-state index contributed by atoms with van der Waals surface area (Å²) in [6.45, 7) is 0.0356. The Kier molecular flexibility index (Phi) is 4.85. The van der Waals surface area contributed by atoms with E-state index in [0.29, 0.717) is 11.1 Å². The van der Waals surface area contributed by atoms with Crippen LogP contribution in [0.2, 0.25) is 0 Å². The molecule has 0 atom stereocenters. The number of rotatable bonds is 4. The van der Waals surface area contributed by atoms with E-state index < -0.39 is 18.2 Å². The number of alkyl halides is 3. The maximum Gasteiger partial charge on any atom is 0.471 e. The van der Waals surface area contributed by atoms with Gasteiger partial charge in [-0.3, -0.25) is 0 Å². The number of alkyl carbamates (subject to hydrolysis) is 1. The van der Waals surface area contributed by atoms with Crippen LogP contribution < -0.4 is 5.32 Å². The molecule has 0 radical (unpaired) electrons. The zero-order valence-corrected chi connectivity index (χ0v) is 11.6. The molecule has 2 aromatic rings. The highest BCUT2D eigenvalue weighted by molar-refractivity contribution is 5.67. The minimum atomic E-state index is -4.69. The maximum atomic E-state index is 12.4. The molecule has 0 aliphatic heterocycles. The zero-order chi connectivity index (χ0) is 16.9. The summed E-state index contributed by atoms with van der Waals surface area (Å²) in [5, 5.41) is 5.74. The molecule has 0 spiro atoms. The maximum absolute atomic E-state index is 12.4. The number of nitrogens with one attached hydrogen (secondary N) is 1. The van der Waals surface area contributed by atoms with E-state index in [4.69, 9.17) is 6.42 Å². The third-order valence-corrected chi connectivity index (χ3v) is 2.60. The molecule has 23 heavy (non-hydrogen) atoms. The first kappa shape index (κ1) is 16.4. The van der Waals surface area contributed by atoms with E-state index in [1.54, 1.807) is 12.1 Å². The molecule has 1 heterocycles. The number of carbonyl (C=O) groups excluding carboxylic acids is 1. The number of hydrogen-bond acceptors (Lipinski definition) is 5. The van der Waals surface area contributed by atoms with Gasteiger partial charge in [0, 0.05) is 12.1 Å². The lowest BCUT2D eigenvalue weighted by Gasteiger charge is -2.05. The van der Waals surface area contributed by atoms with Crippen LogP contribution in [0.4, 0.5) is 18.0 Å². The SMILES string of the molecule is C#CCOC(=O)NCc1ccc(-c2noc(C(F)(F)F)n2)cc1. The fourth-order valence-corrected chi connectivity index (χ4v) is 1.56. The first-order valence-electron chi connectivity index (χ1n) is 6.24. The van der Waals surface area contributed by atoms with E-state index >= 15 is 0 Å². The van der Waals surface area contributed by atoms with Gasteiger partial charge < -0.3 is 14.6 Å². The largest absolute Gasteiger partial charge is 0.471 e. The minimum absolute atomic E-state index is 0.135. The summed E-state index contributed by atoms with van der Waals surface area (Å²) in [5.41, 5.74) is 1.05. The normalized spacial score (nSPS) is 10.9. The molecule has 0 saturated carbocycles. The number of amides is 1. The minimum Gasteiger partial charge on any atom is -0.436 e. The number of hydrogen-bond donors (Lipinski definition) is 1. The number of benzene rings is 1. The van der Waals surface area contributed by atoms with Crippen molar-refractivity contribution in [3.63, 3.8) is 0 Å². The van der Waals surface area contributed by atoms with Gasteiger partial charge in [-0.05, 0) is 5.56 Å². The van der Waals surface area contributed by atoms with Gasteiger partial charge in [0.1, 0.15) is 0 Å². The van der Waals surface area contributed by atoms with Crippen LogP contribution in [0.3, 0.4) is 0 Å². The molecular formula is C14H10F3N3O3. The van der Waals surface area contributed by atoms with Crippen LogP contribution in [0.15, 0.2) is 28.8 Å². The van der Waals surface area contributed by atoms with Crippen molar-refractivity contribution >= 4 is 6.09 Å². The van der Waals surface area contributed by atoms with E-state index in [0.717, 1.165) is 0 Å². The average molecular weight is 325 g/mol. The van der Waals surface area contributed by atoms with Crippen LogP contribution in [-0.2, 0) is 17.5 Å². The first-order chi connectivity index (χ1) is 10.9. The Morgan fingerprint density at radius 1 is 1.35 bits per heavy atom. The fraction of sp³-hybridized carbons (Fsp3) is 0.214. The summed E-state index contributed by atoms with van der Waals surface area (Å²) in [6, 6.07) is 6.21. The second kappa shape index (κ2) is 6.83. The second-order valence-electron chi connectivity index (χ2n) is 4.25. The number of carbonyl (C=O) groups is 1. The van der Waals surface area contributed by atoms with Crippen molar-refractivity contribution in [3.05, 3.63) is 35.7 Å². The standard InChI is InChI=1S/C14H10F3N3O3/c1-2-7-22-13(21)18-8-9-3-5-10(6-4-9)11-19-12(23-20-11)14(15,16)17/h1,3-6H,7-8H2,(H,18,21). The van der Waals surface area contributed by atoms with Crippen LogP contribution in [0.25, 0.3) is 11.4 Å². The average Bonchev–Trinajstić information content (AvgIpc) is 3.01. The smallest absolute Gasteiger partial charge is 0.436 e. The van der Waals surface area contributed by atoms with Crippen molar-refractivity contribution in [3.8, 4) is 23.7 Å². The van der Waals surface area contributed by atoms with Gasteiger partial charge in [-0.1, -0.05) is 35.3 Å². The van der Waals surface area contributed by atoms with E-state index in [1.165, 1.54) is 12.1 Å². The van der Waals surface area contributed by atoms with Crippen LogP contribution in [-0.4, -0.2) is 22.8 Å². The zero-order valence-electron chi connectivity index (χ0n) is 11.6. The molecule has 0 aliphatic rings. The summed E-state index contributed by atoms with van der Waals surface area (Å²) >= 11 is 0. The number of nitrogens with zero attached hydrogens (tertiary/aromatic N) is 2. The Morgan fingerprint density at radius 3 is 2.61 bits per heavy atom. The number of terminal acetylenes is 1.